The van der Waals surface area contributed by atoms with Crippen LogP contribution in [0.25, 0.3) is 5.69 Å². The summed E-state index contributed by atoms with van der Waals surface area (Å²) in [5.41, 5.74) is 2.76. The minimum atomic E-state index is -0.00133. The van der Waals surface area contributed by atoms with Gasteiger partial charge >= 0.3 is 0 Å². The molecule has 1 aromatic heterocycles. The molecule has 3 aromatic rings. The maximum absolute atomic E-state index is 12.5. The third-order valence-corrected chi connectivity index (χ3v) is 4.76. The highest BCUT2D eigenvalue weighted by atomic mass is 32.2. The summed E-state index contributed by atoms with van der Waals surface area (Å²) in [4.78, 5) is 12.5. The fraction of sp³-hybridized carbons (Fsp3) is 0.211. The van der Waals surface area contributed by atoms with Crippen molar-refractivity contribution in [1.82, 2.24) is 14.8 Å². The van der Waals surface area contributed by atoms with Crippen molar-refractivity contribution >= 4 is 17.5 Å². The number of benzene rings is 2. The number of carbonyl (C=O) groups is 1. The summed E-state index contributed by atoms with van der Waals surface area (Å²) in [5, 5.41) is 9.07. The van der Waals surface area contributed by atoms with Gasteiger partial charge in [-0.05, 0) is 38.1 Å². The molecule has 0 saturated heterocycles. The monoisotopic (exact) mass is 353 g/mol. The second-order valence-electron chi connectivity index (χ2n) is 5.61. The molecule has 0 N–H and O–H groups in total. The molecule has 128 valence electrons. The largest absolute Gasteiger partial charge is 0.496 e. The van der Waals surface area contributed by atoms with Gasteiger partial charge in [-0.2, -0.15) is 0 Å². The lowest BCUT2D eigenvalue weighted by molar-refractivity contribution is 0.101. The lowest BCUT2D eigenvalue weighted by Gasteiger charge is -2.09. The smallest absolute Gasteiger partial charge is 0.196 e. The van der Waals surface area contributed by atoms with Gasteiger partial charge in [0.1, 0.15) is 11.6 Å². The highest BCUT2D eigenvalue weighted by molar-refractivity contribution is 7.99. The molecule has 0 spiro atoms. The number of thioether (sulfide) groups is 1. The summed E-state index contributed by atoms with van der Waals surface area (Å²) in [6.45, 7) is 3.95. The van der Waals surface area contributed by atoms with Crippen LogP contribution in [0.1, 0.15) is 21.7 Å². The maximum Gasteiger partial charge on any atom is 0.196 e. The van der Waals surface area contributed by atoms with E-state index in [0.717, 1.165) is 11.5 Å². The highest BCUT2D eigenvalue weighted by Crippen LogP contribution is 2.25. The minimum Gasteiger partial charge on any atom is -0.496 e. The molecule has 0 aliphatic heterocycles. The Labute approximate surface area is 151 Å². The van der Waals surface area contributed by atoms with Gasteiger partial charge in [-0.15, -0.1) is 10.2 Å². The van der Waals surface area contributed by atoms with Crippen LogP contribution in [0, 0.1) is 13.8 Å². The number of hydrogen-bond acceptors (Lipinski definition) is 5. The fourth-order valence-electron chi connectivity index (χ4n) is 2.51. The zero-order chi connectivity index (χ0) is 17.8. The molecule has 0 saturated carbocycles. The second kappa shape index (κ2) is 7.53. The van der Waals surface area contributed by atoms with E-state index < -0.39 is 0 Å². The Morgan fingerprint density at radius 3 is 2.52 bits per heavy atom. The lowest BCUT2D eigenvalue weighted by Crippen LogP contribution is -2.06. The van der Waals surface area contributed by atoms with Crippen LogP contribution in [0.3, 0.4) is 0 Å². The van der Waals surface area contributed by atoms with Gasteiger partial charge < -0.3 is 4.74 Å². The van der Waals surface area contributed by atoms with Gasteiger partial charge in [0.2, 0.25) is 0 Å². The molecule has 0 unspecified atom stereocenters. The van der Waals surface area contributed by atoms with E-state index in [4.69, 9.17) is 4.74 Å². The molecule has 0 aliphatic rings. The molecule has 0 radical (unpaired) electrons. The normalized spacial score (nSPS) is 10.7. The molecule has 5 nitrogen and oxygen atoms in total. The van der Waals surface area contributed by atoms with Crippen molar-refractivity contribution in [3.05, 3.63) is 65.5 Å². The highest BCUT2D eigenvalue weighted by Gasteiger charge is 2.16. The molecule has 0 amide bonds. The quantitative estimate of drug-likeness (QED) is 0.497. The summed E-state index contributed by atoms with van der Waals surface area (Å²) >= 11 is 1.37. The standard InChI is InChI=1S/C19H19N3O2S/c1-13-8-10-15(11-9-13)22-14(2)20-21-19(22)25-12-17(23)16-6-4-5-7-18(16)24-3/h4-11H,12H2,1-3H3. The van der Waals surface area contributed by atoms with Gasteiger partial charge in [0.15, 0.2) is 10.9 Å². The van der Waals surface area contributed by atoms with Crippen molar-refractivity contribution in [2.45, 2.75) is 19.0 Å². The second-order valence-corrected chi connectivity index (χ2v) is 6.56. The van der Waals surface area contributed by atoms with Crippen molar-refractivity contribution in [2.24, 2.45) is 0 Å². The Hall–Kier alpha value is -2.60. The average molecular weight is 353 g/mol. The van der Waals surface area contributed by atoms with Crippen LogP contribution in [0.4, 0.5) is 0 Å². The number of ketones is 1. The first-order valence-corrected chi connectivity index (χ1v) is 8.87. The number of carbonyl (C=O) groups excluding carboxylic acids is 1. The molecular formula is C19H19N3O2S. The molecular weight excluding hydrogens is 334 g/mol. The van der Waals surface area contributed by atoms with Crippen LogP contribution in [0.15, 0.2) is 53.7 Å². The van der Waals surface area contributed by atoms with Crippen LogP contribution in [-0.4, -0.2) is 33.4 Å². The Morgan fingerprint density at radius 2 is 1.80 bits per heavy atom. The Morgan fingerprint density at radius 1 is 1.08 bits per heavy atom. The minimum absolute atomic E-state index is 0.00133. The first kappa shape index (κ1) is 17.2. The van der Waals surface area contributed by atoms with Gasteiger partial charge in [-0.3, -0.25) is 9.36 Å². The molecule has 0 atom stereocenters. The number of para-hydroxylation sites is 1. The zero-order valence-electron chi connectivity index (χ0n) is 14.4. The zero-order valence-corrected chi connectivity index (χ0v) is 15.2. The molecule has 25 heavy (non-hydrogen) atoms. The summed E-state index contributed by atoms with van der Waals surface area (Å²) in [6.07, 6.45) is 0. The van der Waals surface area contributed by atoms with E-state index in [-0.39, 0.29) is 11.5 Å². The van der Waals surface area contributed by atoms with Crippen molar-refractivity contribution < 1.29 is 9.53 Å². The van der Waals surface area contributed by atoms with Crippen molar-refractivity contribution in [3.8, 4) is 11.4 Å². The molecule has 0 fully saturated rings. The van der Waals surface area contributed by atoms with Crippen LogP contribution in [-0.2, 0) is 0 Å². The average Bonchev–Trinajstić information content (AvgIpc) is 3.01. The summed E-state index contributed by atoms with van der Waals surface area (Å²) in [7, 11) is 1.57. The van der Waals surface area contributed by atoms with Crippen LogP contribution < -0.4 is 4.74 Å². The number of methoxy groups -OCH3 is 1. The van der Waals surface area contributed by atoms with E-state index in [1.807, 2.05) is 54.8 Å². The first-order chi connectivity index (χ1) is 12.1. The van der Waals surface area contributed by atoms with E-state index in [0.29, 0.717) is 16.5 Å². The molecule has 3 rings (SSSR count). The van der Waals surface area contributed by atoms with E-state index >= 15 is 0 Å². The topological polar surface area (TPSA) is 57.0 Å². The lowest BCUT2D eigenvalue weighted by atomic mass is 10.1. The number of nitrogens with zero attached hydrogens (tertiary/aromatic N) is 3. The SMILES string of the molecule is COc1ccccc1C(=O)CSc1nnc(C)n1-c1ccc(C)cc1. The van der Waals surface area contributed by atoms with Crippen molar-refractivity contribution in [1.29, 1.82) is 0 Å². The number of hydrogen-bond donors (Lipinski definition) is 0. The Kier molecular flexibility index (Phi) is 5.19. The molecule has 0 bridgehead atoms. The predicted octanol–water partition coefficient (Wildman–Crippen LogP) is 3.87. The summed E-state index contributed by atoms with van der Waals surface area (Å²) < 4.78 is 7.22. The van der Waals surface area contributed by atoms with E-state index in [2.05, 4.69) is 10.2 Å². The van der Waals surface area contributed by atoms with Gasteiger partial charge in [0.25, 0.3) is 0 Å². The molecule has 0 aliphatic carbocycles. The van der Waals surface area contributed by atoms with Crippen LogP contribution in [0.2, 0.25) is 0 Å². The fourth-order valence-corrected chi connectivity index (χ4v) is 3.39. The van der Waals surface area contributed by atoms with Gasteiger partial charge in [0.05, 0.1) is 18.4 Å². The van der Waals surface area contributed by atoms with Gasteiger partial charge in [-0.1, -0.05) is 41.6 Å². The third-order valence-electron chi connectivity index (χ3n) is 3.83. The third kappa shape index (κ3) is 3.74. The number of aryl methyl sites for hydroxylation is 2. The molecule has 2 aromatic carbocycles. The number of ether oxygens (including phenoxy) is 1. The van der Waals surface area contributed by atoms with Gasteiger partial charge in [-0.25, -0.2) is 0 Å². The van der Waals surface area contributed by atoms with E-state index in [1.54, 1.807) is 19.2 Å². The maximum atomic E-state index is 12.5. The van der Waals surface area contributed by atoms with Crippen molar-refractivity contribution in [2.75, 3.05) is 12.9 Å². The van der Waals surface area contributed by atoms with Crippen molar-refractivity contribution in [3.63, 3.8) is 0 Å². The number of Topliss-reactive ketones (excluding diaryl/α,β-unsaturated/α-hetero) is 1. The molecule has 1 heterocycles. The van der Waals surface area contributed by atoms with E-state index in [9.17, 15) is 4.79 Å². The van der Waals surface area contributed by atoms with E-state index in [1.165, 1.54) is 17.3 Å². The molecule has 6 heteroatoms. The predicted molar refractivity (Wildman–Crippen MR) is 98.9 cm³/mol. The number of rotatable bonds is 6. The van der Waals surface area contributed by atoms with Crippen LogP contribution in [0.5, 0.6) is 5.75 Å². The summed E-state index contributed by atoms with van der Waals surface area (Å²) in [6, 6.07) is 15.4. The van der Waals surface area contributed by atoms with Gasteiger partial charge in [0, 0.05) is 5.69 Å². The first-order valence-electron chi connectivity index (χ1n) is 7.88. The Bertz CT molecular complexity index is 888. The number of aromatic nitrogens is 3. The van der Waals surface area contributed by atoms with Crippen LogP contribution >= 0.6 is 11.8 Å². The Balaban J connectivity index is 1.80. The summed E-state index contributed by atoms with van der Waals surface area (Å²) in [5.74, 6) is 1.64.